The van der Waals surface area contributed by atoms with Crippen molar-refractivity contribution in [1.82, 2.24) is 9.80 Å². The van der Waals surface area contributed by atoms with E-state index >= 15 is 0 Å². The lowest BCUT2D eigenvalue weighted by Crippen LogP contribution is -3.18. The van der Waals surface area contributed by atoms with Crippen molar-refractivity contribution in [2.75, 3.05) is 32.7 Å². The first-order chi connectivity index (χ1) is 13.1. The number of amides is 3. The van der Waals surface area contributed by atoms with Crippen molar-refractivity contribution in [3.8, 4) is 0 Å². The number of allylic oxidation sites excluding steroid dienone is 2. The molecule has 4 unspecified atom stereocenters. The second-order valence-corrected chi connectivity index (χ2v) is 9.14. The summed E-state index contributed by atoms with van der Waals surface area (Å²) in [6.45, 7) is 3.44. The molecule has 3 amide bonds. The molecule has 0 spiro atoms. The Morgan fingerprint density at radius 3 is 2.15 bits per heavy atom. The van der Waals surface area contributed by atoms with Gasteiger partial charge in [-0.25, -0.2) is 0 Å². The average Bonchev–Trinajstić information content (AvgIpc) is 3.39. The topological polar surface area (TPSA) is 62.1 Å². The van der Waals surface area contributed by atoms with Crippen LogP contribution in [0, 0.1) is 23.7 Å². The second-order valence-electron chi connectivity index (χ2n) is 9.14. The number of nitrogens with one attached hydrogen (secondary N) is 1. The minimum absolute atomic E-state index is 0.0527. The van der Waals surface area contributed by atoms with E-state index in [9.17, 15) is 14.4 Å². The molecule has 146 valence electrons. The summed E-state index contributed by atoms with van der Waals surface area (Å²) < 4.78 is 0. The van der Waals surface area contributed by atoms with Crippen LogP contribution in [0.5, 0.6) is 0 Å². The first kappa shape index (κ1) is 17.4. The molecule has 5 rings (SSSR count). The number of quaternary nitrogens is 1. The van der Waals surface area contributed by atoms with Gasteiger partial charge in [0.25, 0.3) is 0 Å². The van der Waals surface area contributed by atoms with Crippen molar-refractivity contribution in [2.45, 2.75) is 44.6 Å². The van der Waals surface area contributed by atoms with Crippen LogP contribution in [0.4, 0.5) is 0 Å². The lowest BCUT2D eigenvalue weighted by molar-refractivity contribution is -0.930. The fraction of sp³-hybridized carbons (Fsp3) is 0.762. The molecule has 5 aliphatic rings. The first-order valence-electron chi connectivity index (χ1n) is 10.8. The summed E-state index contributed by atoms with van der Waals surface area (Å²) in [5, 5.41) is 0. The molecule has 4 fully saturated rings. The lowest BCUT2D eigenvalue weighted by atomic mass is 9.85. The monoisotopic (exact) mass is 372 g/mol. The van der Waals surface area contributed by atoms with E-state index in [1.807, 2.05) is 4.90 Å². The average molecular weight is 372 g/mol. The number of piperazine rings is 1. The molecular weight excluding hydrogens is 342 g/mol. The van der Waals surface area contributed by atoms with Gasteiger partial charge in [-0.15, -0.1) is 0 Å². The van der Waals surface area contributed by atoms with Crippen LogP contribution < -0.4 is 4.90 Å². The largest absolute Gasteiger partial charge is 0.330 e. The van der Waals surface area contributed by atoms with Crippen LogP contribution in [0.3, 0.4) is 0 Å². The highest BCUT2D eigenvalue weighted by Crippen LogP contribution is 2.52. The smallest absolute Gasteiger partial charge is 0.243 e. The zero-order chi connectivity index (χ0) is 18.5. The quantitative estimate of drug-likeness (QED) is 0.554. The maximum atomic E-state index is 12.8. The van der Waals surface area contributed by atoms with Crippen molar-refractivity contribution >= 4 is 17.7 Å². The molecule has 0 radical (unpaired) electrons. The fourth-order valence-corrected chi connectivity index (χ4v) is 6.32. The third kappa shape index (κ3) is 2.84. The highest BCUT2D eigenvalue weighted by molar-refractivity contribution is 6.08. The molecule has 27 heavy (non-hydrogen) atoms. The number of carbonyl (C=O) groups is 3. The van der Waals surface area contributed by atoms with E-state index in [1.165, 1.54) is 37.0 Å². The van der Waals surface area contributed by atoms with Gasteiger partial charge in [-0.05, 0) is 43.9 Å². The minimum atomic E-state index is -0.201. The molecule has 6 nitrogen and oxygen atoms in total. The molecule has 4 atom stereocenters. The van der Waals surface area contributed by atoms with E-state index in [0.29, 0.717) is 0 Å². The van der Waals surface area contributed by atoms with Crippen LogP contribution in [0.2, 0.25) is 0 Å². The van der Waals surface area contributed by atoms with Crippen molar-refractivity contribution < 1.29 is 19.3 Å². The Balaban J connectivity index is 1.17. The van der Waals surface area contributed by atoms with Crippen molar-refractivity contribution in [2.24, 2.45) is 23.7 Å². The zero-order valence-electron chi connectivity index (χ0n) is 15.9. The van der Waals surface area contributed by atoms with Crippen LogP contribution in [0.1, 0.15) is 38.5 Å². The molecular formula is C21H30N3O3+. The summed E-state index contributed by atoms with van der Waals surface area (Å²) in [5.74, 6) is -0.262. The molecule has 3 aliphatic carbocycles. The number of rotatable bonds is 3. The van der Waals surface area contributed by atoms with E-state index in [2.05, 4.69) is 12.2 Å². The lowest BCUT2D eigenvalue weighted by Gasteiger charge is -2.38. The van der Waals surface area contributed by atoms with E-state index in [0.717, 1.165) is 38.6 Å². The van der Waals surface area contributed by atoms with Gasteiger partial charge in [-0.2, -0.15) is 0 Å². The Hall–Kier alpha value is -1.69. The van der Waals surface area contributed by atoms with Crippen LogP contribution in [0.15, 0.2) is 12.2 Å². The third-order valence-electron chi connectivity index (χ3n) is 7.80. The van der Waals surface area contributed by atoms with E-state index in [1.54, 1.807) is 4.90 Å². The molecule has 1 N–H and O–H groups in total. The second kappa shape index (κ2) is 6.73. The van der Waals surface area contributed by atoms with Gasteiger partial charge in [-0.1, -0.05) is 18.6 Å². The van der Waals surface area contributed by atoms with Gasteiger partial charge in [0.1, 0.15) is 6.54 Å². The van der Waals surface area contributed by atoms with Gasteiger partial charge in [-0.3, -0.25) is 19.3 Å². The van der Waals surface area contributed by atoms with Crippen molar-refractivity contribution in [3.63, 3.8) is 0 Å². The zero-order valence-corrected chi connectivity index (χ0v) is 15.9. The maximum absolute atomic E-state index is 12.8. The van der Waals surface area contributed by atoms with Gasteiger partial charge < -0.3 is 9.80 Å². The van der Waals surface area contributed by atoms with Gasteiger partial charge >= 0.3 is 0 Å². The number of fused-ring (bicyclic) bond motifs is 5. The number of hydrogen-bond donors (Lipinski definition) is 1. The van der Waals surface area contributed by atoms with Gasteiger partial charge in [0.15, 0.2) is 0 Å². The van der Waals surface area contributed by atoms with Crippen LogP contribution in [-0.2, 0) is 14.4 Å². The molecule has 2 bridgehead atoms. The molecule has 6 heteroatoms. The Labute approximate surface area is 160 Å². The summed E-state index contributed by atoms with van der Waals surface area (Å²) in [5.41, 5.74) is 0. The number of carbonyl (C=O) groups excluding carboxylic acids is 3. The van der Waals surface area contributed by atoms with Gasteiger partial charge in [0, 0.05) is 0 Å². The molecule has 2 saturated heterocycles. The maximum Gasteiger partial charge on any atom is 0.243 e. The molecule has 2 aliphatic heterocycles. The highest BCUT2D eigenvalue weighted by atomic mass is 16.2. The SMILES string of the molecule is O=C(CN1C(=O)C2C3C=CC(C3)C2C1=O)N1CC[NH+](C2CCCCC2)CC1. The molecule has 2 saturated carbocycles. The summed E-state index contributed by atoms with van der Waals surface area (Å²) in [6.07, 6.45) is 11.8. The Morgan fingerprint density at radius 1 is 0.963 bits per heavy atom. The summed E-state index contributed by atoms with van der Waals surface area (Å²) in [4.78, 5) is 43.1. The minimum Gasteiger partial charge on any atom is -0.330 e. The normalized spacial score (nSPS) is 36.7. The molecule has 0 aromatic heterocycles. The van der Waals surface area contributed by atoms with E-state index < -0.39 is 0 Å². The molecule has 2 heterocycles. The van der Waals surface area contributed by atoms with Crippen LogP contribution >= 0.6 is 0 Å². The Kier molecular flexibility index (Phi) is 4.34. The number of imide groups is 1. The molecule has 0 aromatic rings. The standard InChI is InChI=1S/C21H29N3O3/c25-17(23-10-8-22(9-11-23)16-4-2-1-3-5-16)13-24-20(26)18-14-6-7-15(12-14)19(18)21(24)27/h6-7,14-16,18-19H,1-5,8-13H2/p+1. The van der Waals surface area contributed by atoms with Crippen molar-refractivity contribution in [3.05, 3.63) is 12.2 Å². The summed E-state index contributed by atoms with van der Waals surface area (Å²) in [7, 11) is 0. The Morgan fingerprint density at radius 2 is 1.56 bits per heavy atom. The van der Waals surface area contributed by atoms with Crippen LogP contribution in [-0.4, -0.2) is 66.3 Å². The first-order valence-corrected chi connectivity index (χ1v) is 10.8. The van der Waals surface area contributed by atoms with E-state index in [-0.39, 0.29) is 47.9 Å². The highest BCUT2D eigenvalue weighted by Gasteiger charge is 2.59. The van der Waals surface area contributed by atoms with E-state index in [4.69, 9.17) is 0 Å². The molecule has 0 aromatic carbocycles. The van der Waals surface area contributed by atoms with Crippen molar-refractivity contribution in [1.29, 1.82) is 0 Å². The fourth-order valence-electron chi connectivity index (χ4n) is 6.32. The third-order valence-corrected chi connectivity index (χ3v) is 7.80. The van der Waals surface area contributed by atoms with Gasteiger partial charge in [0.05, 0.1) is 44.1 Å². The summed E-state index contributed by atoms with van der Waals surface area (Å²) >= 11 is 0. The summed E-state index contributed by atoms with van der Waals surface area (Å²) in [6, 6.07) is 0.764. The number of hydrogen-bond acceptors (Lipinski definition) is 3. The Bertz CT molecular complexity index is 646. The number of nitrogens with zero attached hydrogens (tertiary/aromatic N) is 2. The van der Waals surface area contributed by atoms with Gasteiger partial charge in [0.2, 0.25) is 17.7 Å². The predicted molar refractivity (Wildman–Crippen MR) is 98.6 cm³/mol. The number of likely N-dealkylation sites (tertiary alicyclic amines) is 1. The predicted octanol–water partition coefficient (Wildman–Crippen LogP) is -0.147. The van der Waals surface area contributed by atoms with Crippen LogP contribution in [0.25, 0.3) is 0 Å².